The van der Waals surface area contributed by atoms with Gasteiger partial charge in [0, 0.05) is 27.6 Å². The lowest BCUT2D eigenvalue weighted by Gasteiger charge is -2.10. The zero-order valence-electron chi connectivity index (χ0n) is 13.1. The number of hydrogen-bond acceptors (Lipinski definition) is 3. The number of halogens is 1. The summed E-state index contributed by atoms with van der Waals surface area (Å²) in [5.41, 5.74) is 3.27. The number of pyridine rings is 1. The van der Waals surface area contributed by atoms with Crippen molar-refractivity contribution in [1.82, 2.24) is 4.98 Å². The summed E-state index contributed by atoms with van der Waals surface area (Å²) in [7, 11) is 0. The van der Waals surface area contributed by atoms with Gasteiger partial charge in [0.05, 0.1) is 0 Å². The topological polar surface area (TPSA) is 54.0 Å². The quantitative estimate of drug-likeness (QED) is 0.656. The van der Waals surface area contributed by atoms with Crippen LogP contribution in [-0.4, -0.2) is 10.9 Å². The van der Waals surface area contributed by atoms with Crippen LogP contribution >= 0.6 is 15.9 Å². The van der Waals surface area contributed by atoms with Crippen LogP contribution in [0.25, 0.3) is 0 Å². The summed E-state index contributed by atoms with van der Waals surface area (Å²) < 4.78 is 0.973. The van der Waals surface area contributed by atoms with Crippen LogP contribution in [0.1, 0.15) is 15.9 Å². The number of nitrogens with one attached hydrogen (secondary N) is 2. The molecule has 2 aromatic carbocycles. The fourth-order valence-corrected chi connectivity index (χ4v) is 2.66. The second-order valence-corrected chi connectivity index (χ2v) is 6.25. The van der Waals surface area contributed by atoms with Crippen molar-refractivity contribution in [3.63, 3.8) is 0 Å². The van der Waals surface area contributed by atoms with Gasteiger partial charge in [0.15, 0.2) is 0 Å². The predicted molar refractivity (Wildman–Crippen MR) is 101 cm³/mol. The van der Waals surface area contributed by atoms with Crippen molar-refractivity contribution in [3.8, 4) is 0 Å². The van der Waals surface area contributed by atoms with E-state index >= 15 is 0 Å². The van der Waals surface area contributed by atoms with Crippen LogP contribution in [0.15, 0.2) is 71.3 Å². The molecule has 0 spiro atoms. The van der Waals surface area contributed by atoms with Gasteiger partial charge in [-0.05, 0) is 48.9 Å². The lowest BCUT2D eigenvalue weighted by atomic mass is 10.2. The highest BCUT2D eigenvalue weighted by atomic mass is 79.9. The van der Waals surface area contributed by atoms with E-state index in [9.17, 15) is 4.79 Å². The van der Waals surface area contributed by atoms with Crippen LogP contribution in [0.4, 0.5) is 17.2 Å². The average Bonchev–Trinajstić information content (AvgIpc) is 2.57. The van der Waals surface area contributed by atoms with Gasteiger partial charge in [-0.25, -0.2) is 4.98 Å². The third-order valence-electron chi connectivity index (χ3n) is 3.51. The van der Waals surface area contributed by atoms with Crippen LogP contribution in [0.2, 0.25) is 0 Å². The smallest absolute Gasteiger partial charge is 0.255 e. The first-order valence-corrected chi connectivity index (χ1v) is 8.27. The molecule has 0 bridgehead atoms. The van der Waals surface area contributed by atoms with E-state index in [4.69, 9.17) is 0 Å². The lowest BCUT2D eigenvalue weighted by molar-refractivity contribution is 0.102. The Morgan fingerprint density at radius 3 is 2.67 bits per heavy atom. The zero-order valence-corrected chi connectivity index (χ0v) is 14.7. The maximum atomic E-state index is 12.5. The van der Waals surface area contributed by atoms with Crippen molar-refractivity contribution < 1.29 is 4.79 Å². The van der Waals surface area contributed by atoms with Crippen molar-refractivity contribution in [1.29, 1.82) is 0 Å². The van der Waals surface area contributed by atoms with Gasteiger partial charge in [-0.2, -0.15) is 0 Å². The number of anilines is 3. The number of carbonyl (C=O) groups is 1. The molecule has 3 rings (SSSR count). The van der Waals surface area contributed by atoms with E-state index in [0.29, 0.717) is 11.4 Å². The Kier molecular flexibility index (Phi) is 4.91. The molecule has 0 aliphatic rings. The average molecular weight is 382 g/mol. The number of aryl methyl sites for hydroxylation is 1. The molecule has 3 aromatic rings. The van der Waals surface area contributed by atoms with Crippen molar-refractivity contribution in [2.45, 2.75) is 6.92 Å². The first-order chi connectivity index (χ1) is 11.6. The van der Waals surface area contributed by atoms with Gasteiger partial charge >= 0.3 is 0 Å². The molecule has 0 saturated heterocycles. The van der Waals surface area contributed by atoms with E-state index in [0.717, 1.165) is 21.4 Å². The van der Waals surface area contributed by atoms with Crippen LogP contribution in [-0.2, 0) is 0 Å². The molecule has 120 valence electrons. The number of amides is 1. The SMILES string of the molecule is Cc1ccccc1NC(=O)c1ccnc(Nc2cccc(Br)c2)c1. The number of carbonyl (C=O) groups excluding carboxylic acids is 1. The molecule has 4 nitrogen and oxygen atoms in total. The Labute approximate surface area is 149 Å². The first kappa shape index (κ1) is 16.2. The van der Waals surface area contributed by atoms with Gasteiger partial charge in [-0.1, -0.05) is 40.2 Å². The van der Waals surface area contributed by atoms with Gasteiger partial charge in [-0.3, -0.25) is 4.79 Å². The molecule has 0 unspecified atom stereocenters. The molecule has 24 heavy (non-hydrogen) atoms. The number of aromatic nitrogens is 1. The summed E-state index contributed by atoms with van der Waals surface area (Å²) >= 11 is 3.43. The fourth-order valence-electron chi connectivity index (χ4n) is 2.26. The molecule has 0 saturated carbocycles. The molecule has 1 heterocycles. The summed E-state index contributed by atoms with van der Waals surface area (Å²) in [6, 6.07) is 18.9. The Balaban J connectivity index is 1.77. The molecular weight excluding hydrogens is 366 g/mol. The van der Waals surface area contributed by atoms with E-state index in [1.165, 1.54) is 0 Å². The van der Waals surface area contributed by atoms with E-state index < -0.39 is 0 Å². The van der Waals surface area contributed by atoms with Crippen molar-refractivity contribution in [2.24, 2.45) is 0 Å². The highest BCUT2D eigenvalue weighted by molar-refractivity contribution is 9.10. The monoisotopic (exact) mass is 381 g/mol. The maximum absolute atomic E-state index is 12.5. The van der Waals surface area contributed by atoms with Crippen molar-refractivity contribution in [3.05, 3.63) is 82.5 Å². The lowest BCUT2D eigenvalue weighted by Crippen LogP contribution is -2.13. The fraction of sp³-hybridized carbons (Fsp3) is 0.0526. The highest BCUT2D eigenvalue weighted by Crippen LogP contribution is 2.20. The molecule has 0 atom stereocenters. The second-order valence-electron chi connectivity index (χ2n) is 5.33. The Bertz CT molecular complexity index is 880. The minimum absolute atomic E-state index is 0.163. The Morgan fingerprint density at radius 1 is 1.04 bits per heavy atom. The molecule has 0 radical (unpaired) electrons. The molecule has 5 heteroatoms. The molecule has 1 aromatic heterocycles. The summed E-state index contributed by atoms with van der Waals surface area (Å²) in [5.74, 6) is 0.453. The second kappa shape index (κ2) is 7.27. The number of hydrogen-bond donors (Lipinski definition) is 2. The Morgan fingerprint density at radius 2 is 1.88 bits per heavy atom. The van der Waals surface area contributed by atoms with Crippen LogP contribution in [0, 0.1) is 6.92 Å². The molecule has 0 fully saturated rings. The molecule has 1 amide bonds. The standard InChI is InChI=1S/C19H16BrN3O/c1-13-5-2-3-8-17(13)23-19(24)14-9-10-21-18(11-14)22-16-7-4-6-15(20)12-16/h2-12H,1H3,(H,21,22)(H,23,24). The summed E-state index contributed by atoms with van der Waals surface area (Å²) in [5, 5.41) is 6.12. The van der Waals surface area contributed by atoms with E-state index in [2.05, 4.69) is 31.5 Å². The van der Waals surface area contributed by atoms with E-state index in [1.54, 1.807) is 18.3 Å². The van der Waals surface area contributed by atoms with Crippen LogP contribution in [0.5, 0.6) is 0 Å². The number of rotatable bonds is 4. The highest BCUT2D eigenvalue weighted by Gasteiger charge is 2.09. The van der Waals surface area contributed by atoms with Gasteiger partial charge in [0.1, 0.15) is 5.82 Å². The molecular formula is C19H16BrN3O. The molecule has 0 aliphatic heterocycles. The number of nitrogens with zero attached hydrogens (tertiary/aromatic N) is 1. The van der Waals surface area contributed by atoms with Crippen LogP contribution in [0.3, 0.4) is 0 Å². The minimum atomic E-state index is -0.163. The first-order valence-electron chi connectivity index (χ1n) is 7.47. The minimum Gasteiger partial charge on any atom is -0.340 e. The van der Waals surface area contributed by atoms with Crippen LogP contribution < -0.4 is 10.6 Å². The van der Waals surface area contributed by atoms with E-state index in [1.807, 2.05) is 55.5 Å². The summed E-state index contributed by atoms with van der Waals surface area (Å²) in [6.07, 6.45) is 1.62. The number of benzene rings is 2. The van der Waals surface area contributed by atoms with Crippen molar-refractivity contribution in [2.75, 3.05) is 10.6 Å². The van der Waals surface area contributed by atoms with Gasteiger partial charge in [0.2, 0.25) is 0 Å². The zero-order chi connectivity index (χ0) is 16.9. The largest absolute Gasteiger partial charge is 0.340 e. The third kappa shape index (κ3) is 4.00. The van der Waals surface area contributed by atoms with Crippen molar-refractivity contribution >= 4 is 39.0 Å². The normalized spacial score (nSPS) is 10.2. The van der Waals surface area contributed by atoms with E-state index in [-0.39, 0.29) is 5.91 Å². The Hall–Kier alpha value is -2.66. The summed E-state index contributed by atoms with van der Waals surface area (Å²) in [4.78, 5) is 16.7. The predicted octanol–water partition coefficient (Wildman–Crippen LogP) is 5.15. The number of para-hydroxylation sites is 1. The maximum Gasteiger partial charge on any atom is 0.255 e. The third-order valence-corrected chi connectivity index (χ3v) is 4.01. The van der Waals surface area contributed by atoms with Gasteiger partial charge < -0.3 is 10.6 Å². The molecule has 2 N–H and O–H groups in total. The molecule has 0 aliphatic carbocycles. The summed E-state index contributed by atoms with van der Waals surface area (Å²) in [6.45, 7) is 1.96. The van der Waals surface area contributed by atoms with Gasteiger partial charge in [-0.15, -0.1) is 0 Å². The van der Waals surface area contributed by atoms with Gasteiger partial charge in [0.25, 0.3) is 5.91 Å².